The average Bonchev–Trinajstić information content (AvgIpc) is 3.53. The van der Waals surface area contributed by atoms with E-state index < -0.39 is 0 Å². The van der Waals surface area contributed by atoms with Gasteiger partial charge in [0.15, 0.2) is 15.5 Å². The molecule has 0 N–H and O–H groups in total. The van der Waals surface area contributed by atoms with E-state index in [0.29, 0.717) is 17.7 Å². The van der Waals surface area contributed by atoms with Gasteiger partial charge in [0, 0.05) is 59.1 Å². The van der Waals surface area contributed by atoms with Crippen molar-refractivity contribution in [3.63, 3.8) is 0 Å². The first-order valence-corrected chi connectivity index (χ1v) is 14.5. The minimum Gasteiger partial charge on any atom is -0.340 e. The van der Waals surface area contributed by atoms with Gasteiger partial charge in [-0.15, -0.1) is 11.3 Å². The molecule has 0 unspecified atom stereocenters. The van der Waals surface area contributed by atoms with Crippen molar-refractivity contribution in [2.24, 2.45) is 14.1 Å². The second-order valence-electron chi connectivity index (χ2n) is 9.49. The summed E-state index contributed by atoms with van der Waals surface area (Å²) in [7, 11) is 3.21. The number of aryl methyl sites for hydroxylation is 2. The van der Waals surface area contributed by atoms with Crippen molar-refractivity contribution in [3.8, 4) is 0 Å². The lowest BCUT2D eigenvalue weighted by molar-refractivity contribution is 0.248. The molecule has 4 heterocycles. The Morgan fingerprint density at radius 3 is 2.39 bits per heavy atom. The zero-order chi connectivity index (χ0) is 26.2. The number of thiazole rings is 1. The van der Waals surface area contributed by atoms with Crippen LogP contribution in [-0.2, 0) is 27.2 Å². The molecule has 3 aromatic heterocycles. The van der Waals surface area contributed by atoms with Gasteiger partial charge < -0.3 is 9.47 Å². The molecule has 196 valence electrons. The summed E-state index contributed by atoms with van der Waals surface area (Å²) in [5.41, 5.74) is 2.54. The Balaban J connectivity index is 1.27. The van der Waals surface area contributed by atoms with E-state index in [1.165, 1.54) is 26.4 Å². The maximum Gasteiger partial charge on any atom is 0.332 e. The zero-order valence-electron chi connectivity index (χ0n) is 21.4. The molecule has 38 heavy (non-hydrogen) atoms. The van der Waals surface area contributed by atoms with Crippen molar-refractivity contribution in [1.29, 1.82) is 0 Å². The third kappa shape index (κ3) is 4.65. The number of hydrogen-bond donors (Lipinski definition) is 0. The number of fused-ring (bicyclic) bond motifs is 2. The molecule has 2 aromatic carbocycles. The fourth-order valence-corrected chi connectivity index (χ4v) is 7.04. The maximum absolute atomic E-state index is 13.3. The first-order valence-electron chi connectivity index (χ1n) is 12.7. The molecule has 9 nitrogen and oxygen atoms in total. The quantitative estimate of drug-likeness (QED) is 0.290. The van der Waals surface area contributed by atoms with E-state index in [0.717, 1.165) is 54.3 Å². The molecular formula is C27H29N7O2S2. The van der Waals surface area contributed by atoms with Crippen LogP contribution in [0, 0.1) is 0 Å². The number of benzene rings is 2. The van der Waals surface area contributed by atoms with E-state index in [2.05, 4.69) is 40.1 Å². The topological polar surface area (TPSA) is 81.2 Å². The molecule has 1 fully saturated rings. The van der Waals surface area contributed by atoms with Crippen molar-refractivity contribution in [3.05, 3.63) is 81.0 Å². The molecule has 0 atom stereocenters. The maximum atomic E-state index is 13.3. The molecule has 0 bridgehead atoms. The number of rotatable bonds is 7. The molecule has 1 aliphatic heterocycles. The molecule has 0 radical (unpaired) electrons. The second kappa shape index (κ2) is 10.4. The number of thioether (sulfide) groups is 1. The van der Waals surface area contributed by atoms with Crippen molar-refractivity contribution < 1.29 is 0 Å². The first-order chi connectivity index (χ1) is 18.5. The minimum absolute atomic E-state index is 0.311. The Morgan fingerprint density at radius 2 is 1.63 bits per heavy atom. The molecule has 0 aliphatic carbocycles. The SMILES string of the molecule is Cn1c(=O)c2c(nc(N3CCN(Cc4ccccc4)CC3)n2CCSc2nc3ccccc3s2)n(C)c1=O. The molecule has 0 saturated carbocycles. The second-order valence-corrected chi connectivity index (χ2v) is 11.9. The third-order valence-electron chi connectivity index (χ3n) is 7.05. The van der Waals surface area contributed by atoms with Crippen LogP contribution in [0.25, 0.3) is 21.4 Å². The molecule has 1 aliphatic rings. The molecule has 0 spiro atoms. The van der Waals surface area contributed by atoms with E-state index in [1.807, 2.05) is 28.8 Å². The average molecular weight is 548 g/mol. The van der Waals surface area contributed by atoms with Crippen LogP contribution in [0.1, 0.15) is 5.56 Å². The summed E-state index contributed by atoms with van der Waals surface area (Å²) >= 11 is 3.36. The van der Waals surface area contributed by atoms with Gasteiger partial charge in [-0.25, -0.2) is 9.78 Å². The van der Waals surface area contributed by atoms with Crippen LogP contribution >= 0.6 is 23.1 Å². The molecule has 11 heteroatoms. The van der Waals surface area contributed by atoms with Gasteiger partial charge in [-0.1, -0.05) is 54.2 Å². The summed E-state index contributed by atoms with van der Waals surface area (Å²) < 4.78 is 6.82. The number of para-hydroxylation sites is 1. The van der Waals surface area contributed by atoms with Crippen LogP contribution < -0.4 is 16.1 Å². The van der Waals surface area contributed by atoms with Gasteiger partial charge in [-0.3, -0.25) is 18.8 Å². The van der Waals surface area contributed by atoms with Crippen LogP contribution in [0.15, 0.2) is 68.5 Å². The Morgan fingerprint density at radius 1 is 0.895 bits per heavy atom. The standard InChI is InChI=1S/C27H29N7O2S2/c1-30-23-22(24(35)31(2)27(30)36)34(16-17-37-26-28-20-10-6-7-11-21(20)38-26)25(29-23)33-14-12-32(13-15-33)18-19-8-4-3-5-9-19/h3-11H,12-18H2,1-2H3. The van der Waals surface area contributed by atoms with Crippen LogP contribution in [0.2, 0.25) is 0 Å². The highest BCUT2D eigenvalue weighted by Gasteiger charge is 2.25. The lowest BCUT2D eigenvalue weighted by atomic mass is 10.2. The number of anilines is 1. The number of nitrogens with zero attached hydrogens (tertiary/aromatic N) is 7. The number of aromatic nitrogens is 5. The summed E-state index contributed by atoms with van der Waals surface area (Å²) in [5, 5.41) is 0. The van der Waals surface area contributed by atoms with E-state index in [-0.39, 0.29) is 11.2 Å². The Kier molecular flexibility index (Phi) is 6.81. The van der Waals surface area contributed by atoms with Crippen molar-refractivity contribution in [2.75, 3.05) is 36.8 Å². The van der Waals surface area contributed by atoms with Gasteiger partial charge in [0.05, 0.1) is 10.2 Å². The number of piperazine rings is 1. The minimum atomic E-state index is -0.366. The molecule has 0 amide bonds. The highest BCUT2D eigenvalue weighted by molar-refractivity contribution is 8.01. The summed E-state index contributed by atoms with van der Waals surface area (Å²) in [6.07, 6.45) is 0. The number of imidazole rings is 1. The Hall–Kier alpha value is -3.41. The largest absolute Gasteiger partial charge is 0.340 e. The summed E-state index contributed by atoms with van der Waals surface area (Å²) in [6.45, 7) is 4.90. The third-order valence-corrected chi connectivity index (χ3v) is 9.21. The van der Waals surface area contributed by atoms with Crippen LogP contribution in [-0.4, -0.2) is 60.5 Å². The van der Waals surface area contributed by atoms with E-state index in [1.54, 1.807) is 30.1 Å². The summed E-state index contributed by atoms with van der Waals surface area (Å²) in [5.74, 6) is 1.49. The van der Waals surface area contributed by atoms with Crippen molar-refractivity contribution in [1.82, 2.24) is 28.6 Å². The number of hydrogen-bond acceptors (Lipinski definition) is 8. The fraction of sp³-hybridized carbons (Fsp3) is 0.333. The van der Waals surface area contributed by atoms with Gasteiger partial charge in [-0.05, 0) is 17.7 Å². The van der Waals surface area contributed by atoms with Crippen LogP contribution in [0.4, 0.5) is 5.95 Å². The van der Waals surface area contributed by atoms with Gasteiger partial charge in [0.25, 0.3) is 5.56 Å². The van der Waals surface area contributed by atoms with Gasteiger partial charge in [0.2, 0.25) is 5.95 Å². The monoisotopic (exact) mass is 547 g/mol. The first kappa shape index (κ1) is 24.9. The van der Waals surface area contributed by atoms with Gasteiger partial charge in [0.1, 0.15) is 0 Å². The van der Waals surface area contributed by atoms with Crippen LogP contribution in [0.3, 0.4) is 0 Å². The smallest absolute Gasteiger partial charge is 0.332 e. The van der Waals surface area contributed by atoms with Gasteiger partial charge >= 0.3 is 5.69 Å². The van der Waals surface area contributed by atoms with E-state index in [9.17, 15) is 9.59 Å². The lowest BCUT2D eigenvalue weighted by Crippen LogP contribution is -2.47. The van der Waals surface area contributed by atoms with Gasteiger partial charge in [-0.2, -0.15) is 4.98 Å². The van der Waals surface area contributed by atoms with Crippen LogP contribution in [0.5, 0.6) is 0 Å². The molecule has 1 saturated heterocycles. The normalized spacial score (nSPS) is 14.6. The van der Waals surface area contributed by atoms with Crippen molar-refractivity contribution in [2.45, 2.75) is 17.4 Å². The Bertz CT molecular complexity index is 1680. The predicted molar refractivity (Wildman–Crippen MR) is 154 cm³/mol. The predicted octanol–water partition coefficient (Wildman–Crippen LogP) is 3.16. The molecular weight excluding hydrogens is 518 g/mol. The molecule has 5 aromatic rings. The highest BCUT2D eigenvalue weighted by atomic mass is 32.2. The summed E-state index contributed by atoms with van der Waals surface area (Å²) in [6, 6.07) is 18.6. The lowest BCUT2D eigenvalue weighted by Gasteiger charge is -2.35. The summed E-state index contributed by atoms with van der Waals surface area (Å²) in [4.78, 5) is 40.2. The fourth-order valence-electron chi connectivity index (χ4n) is 4.97. The van der Waals surface area contributed by atoms with E-state index >= 15 is 0 Å². The molecule has 6 rings (SSSR count). The Labute approximate surface area is 228 Å². The van der Waals surface area contributed by atoms with Crippen molar-refractivity contribution >= 4 is 50.4 Å². The zero-order valence-corrected chi connectivity index (χ0v) is 23.0. The van der Waals surface area contributed by atoms with E-state index in [4.69, 9.17) is 9.97 Å². The highest BCUT2D eigenvalue weighted by Crippen LogP contribution is 2.30.